The van der Waals surface area contributed by atoms with Crippen molar-refractivity contribution < 1.29 is 18.0 Å². The third-order valence-electron chi connectivity index (χ3n) is 4.69. The molecule has 1 aromatic carbocycles. The van der Waals surface area contributed by atoms with E-state index in [2.05, 4.69) is 25.5 Å². The fourth-order valence-electron chi connectivity index (χ4n) is 3.18. The Bertz CT molecular complexity index is 833. The minimum atomic E-state index is -4.42. The third-order valence-corrected chi connectivity index (χ3v) is 4.69. The van der Waals surface area contributed by atoms with E-state index in [1.165, 1.54) is 18.6 Å². The van der Waals surface area contributed by atoms with Crippen molar-refractivity contribution in [1.29, 1.82) is 0 Å². The van der Waals surface area contributed by atoms with Gasteiger partial charge < -0.3 is 15.5 Å². The summed E-state index contributed by atoms with van der Waals surface area (Å²) < 4.78 is 37.7. The molecule has 29 heavy (non-hydrogen) atoms. The van der Waals surface area contributed by atoms with Gasteiger partial charge in [0.05, 0.1) is 5.56 Å². The van der Waals surface area contributed by atoms with Crippen molar-refractivity contribution in [3.63, 3.8) is 0 Å². The van der Waals surface area contributed by atoms with E-state index in [0.29, 0.717) is 12.5 Å². The predicted molar refractivity (Wildman–Crippen MR) is 105 cm³/mol. The van der Waals surface area contributed by atoms with Gasteiger partial charge in [-0.25, -0.2) is 4.98 Å². The molecule has 2 N–H and O–H groups in total. The van der Waals surface area contributed by atoms with Gasteiger partial charge in [0.2, 0.25) is 5.95 Å². The molecule has 1 aliphatic heterocycles. The molecule has 9 heteroatoms. The zero-order valence-electron chi connectivity index (χ0n) is 16.2. The number of hydrogen-bond acceptors (Lipinski definition) is 5. The summed E-state index contributed by atoms with van der Waals surface area (Å²) in [5.41, 5.74) is 0.255. The molecule has 156 valence electrons. The number of nitrogens with one attached hydrogen (secondary N) is 2. The topological polar surface area (TPSA) is 70.2 Å². The van der Waals surface area contributed by atoms with E-state index < -0.39 is 17.6 Å². The number of benzene rings is 1. The van der Waals surface area contributed by atoms with Gasteiger partial charge in [-0.05, 0) is 50.5 Å². The van der Waals surface area contributed by atoms with Crippen LogP contribution < -0.4 is 15.5 Å². The van der Waals surface area contributed by atoms with Crippen LogP contribution in [0.3, 0.4) is 0 Å². The zero-order chi connectivity index (χ0) is 20.9. The van der Waals surface area contributed by atoms with E-state index in [4.69, 9.17) is 0 Å². The van der Waals surface area contributed by atoms with Gasteiger partial charge in [-0.1, -0.05) is 0 Å². The number of anilines is 2. The number of aryl methyl sites for hydroxylation is 1. The van der Waals surface area contributed by atoms with Crippen molar-refractivity contribution >= 4 is 17.7 Å². The van der Waals surface area contributed by atoms with E-state index in [1.807, 2.05) is 13.0 Å². The molecule has 0 radical (unpaired) electrons. The van der Waals surface area contributed by atoms with Gasteiger partial charge in [-0.2, -0.15) is 18.2 Å². The van der Waals surface area contributed by atoms with Crippen molar-refractivity contribution in [1.82, 2.24) is 15.3 Å². The van der Waals surface area contributed by atoms with Crippen molar-refractivity contribution in [3.05, 3.63) is 47.2 Å². The van der Waals surface area contributed by atoms with Crippen LogP contribution in [0.2, 0.25) is 0 Å². The molecular formula is C20H24F3N5O. The molecule has 1 saturated heterocycles. The van der Waals surface area contributed by atoms with E-state index in [0.717, 1.165) is 49.6 Å². The smallest absolute Gasteiger partial charge is 0.356 e. The first-order chi connectivity index (χ1) is 13.8. The average molecular weight is 407 g/mol. The van der Waals surface area contributed by atoms with Crippen LogP contribution in [0.4, 0.5) is 24.9 Å². The first kappa shape index (κ1) is 20.9. The molecule has 0 bridgehead atoms. The van der Waals surface area contributed by atoms with Gasteiger partial charge in [0, 0.05) is 43.5 Å². The van der Waals surface area contributed by atoms with Gasteiger partial charge in [0.25, 0.3) is 5.91 Å². The lowest BCUT2D eigenvalue weighted by Crippen LogP contribution is -2.31. The molecule has 0 aliphatic carbocycles. The highest BCUT2D eigenvalue weighted by Gasteiger charge is 2.30. The molecular weight excluding hydrogens is 383 g/mol. The van der Waals surface area contributed by atoms with Gasteiger partial charge in [-0.15, -0.1) is 0 Å². The Labute approximate surface area is 167 Å². The Kier molecular flexibility index (Phi) is 6.56. The van der Waals surface area contributed by atoms with Crippen LogP contribution in [0.15, 0.2) is 30.3 Å². The molecule has 3 rings (SSSR count). The maximum absolute atomic E-state index is 12.6. The fourth-order valence-corrected chi connectivity index (χ4v) is 3.18. The van der Waals surface area contributed by atoms with Crippen molar-refractivity contribution in [2.75, 3.05) is 36.4 Å². The second kappa shape index (κ2) is 9.11. The maximum atomic E-state index is 12.6. The van der Waals surface area contributed by atoms with Crippen molar-refractivity contribution in [2.45, 2.75) is 32.4 Å². The summed E-state index contributed by atoms with van der Waals surface area (Å²) in [4.78, 5) is 23.2. The molecule has 2 aromatic rings. The number of carbonyl (C=O) groups is 1. The Hall–Kier alpha value is -2.84. The molecule has 1 fully saturated rings. The molecule has 1 amide bonds. The van der Waals surface area contributed by atoms with Crippen molar-refractivity contribution in [3.8, 4) is 0 Å². The summed E-state index contributed by atoms with van der Waals surface area (Å²) in [6, 6.07) is 6.09. The lowest BCUT2D eigenvalue weighted by atomic mass is 10.1. The lowest BCUT2D eigenvalue weighted by molar-refractivity contribution is -0.137. The van der Waals surface area contributed by atoms with E-state index in [9.17, 15) is 18.0 Å². The number of carbonyl (C=O) groups excluding carboxylic acids is 1. The third kappa shape index (κ3) is 5.82. The highest BCUT2D eigenvalue weighted by Crippen LogP contribution is 2.29. The van der Waals surface area contributed by atoms with Crippen LogP contribution in [0.25, 0.3) is 0 Å². The number of rotatable bonds is 6. The summed E-state index contributed by atoms with van der Waals surface area (Å²) >= 11 is 0. The molecule has 0 saturated carbocycles. The molecule has 0 unspecified atom stereocenters. The Morgan fingerprint density at radius 2 is 1.76 bits per heavy atom. The largest absolute Gasteiger partial charge is 0.416 e. The fraction of sp³-hybridized carbons (Fsp3) is 0.450. The number of nitrogens with zero attached hydrogens (tertiary/aromatic N) is 3. The minimum Gasteiger partial charge on any atom is -0.356 e. The second-order valence-corrected chi connectivity index (χ2v) is 7.00. The summed E-state index contributed by atoms with van der Waals surface area (Å²) in [6.07, 6.45) is -0.867. The van der Waals surface area contributed by atoms with Crippen LogP contribution in [-0.4, -0.2) is 42.1 Å². The summed E-state index contributed by atoms with van der Waals surface area (Å²) in [5, 5.41) is 5.76. The van der Waals surface area contributed by atoms with Crippen molar-refractivity contribution in [2.24, 2.45) is 0 Å². The molecule has 1 aliphatic rings. The molecule has 2 heterocycles. The van der Waals surface area contributed by atoms with Gasteiger partial charge in [-0.3, -0.25) is 4.79 Å². The van der Waals surface area contributed by atoms with E-state index in [1.54, 1.807) is 0 Å². The molecule has 6 nitrogen and oxygen atoms in total. The number of alkyl halides is 3. The molecule has 0 spiro atoms. The number of piperidine rings is 1. The number of aromatic nitrogens is 2. The van der Waals surface area contributed by atoms with Crippen LogP contribution in [0.1, 0.15) is 40.9 Å². The quantitative estimate of drug-likeness (QED) is 0.716. The summed E-state index contributed by atoms with van der Waals surface area (Å²) in [6.45, 7) is 4.57. The van der Waals surface area contributed by atoms with Gasteiger partial charge in [0.1, 0.15) is 5.82 Å². The maximum Gasteiger partial charge on any atom is 0.416 e. The Balaban J connectivity index is 1.50. The van der Waals surface area contributed by atoms with Crippen LogP contribution >= 0.6 is 0 Å². The van der Waals surface area contributed by atoms with Crippen LogP contribution in [-0.2, 0) is 6.18 Å². The molecule has 1 aromatic heterocycles. The number of halogens is 3. The number of amides is 1. The summed E-state index contributed by atoms with van der Waals surface area (Å²) in [5.74, 6) is 0.961. The average Bonchev–Trinajstić information content (AvgIpc) is 2.71. The normalized spacial score (nSPS) is 14.6. The van der Waals surface area contributed by atoms with E-state index >= 15 is 0 Å². The van der Waals surface area contributed by atoms with E-state index in [-0.39, 0.29) is 12.1 Å². The molecule has 0 atom stereocenters. The standard InChI is InChI=1S/C20H24F3N5O/c1-14-13-17(28-11-3-2-4-12-28)27-19(26-14)25-10-9-24-18(29)15-5-7-16(8-6-15)20(21,22)23/h5-8,13H,2-4,9-12H2,1H3,(H,24,29)(H,25,26,27). The summed E-state index contributed by atoms with van der Waals surface area (Å²) in [7, 11) is 0. The SMILES string of the molecule is Cc1cc(N2CCCCC2)nc(NCCNC(=O)c2ccc(C(F)(F)F)cc2)n1. The Morgan fingerprint density at radius 3 is 2.41 bits per heavy atom. The van der Waals surface area contributed by atoms with Crippen LogP contribution in [0, 0.1) is 6.92 Å². The van der Waals surface area contributed by atoms with Gasteiger partial charge >= 0.3 is 6.18 Å². The van der Waals surface area contributed by atoms with Gasteiger partial charge in [0.15, 0.2) is 0 Å². The highest BCUT2D eigenvalue weighted by atomic mass is 19.4. The Morgan fingerprint density at radius 1 is 1.07 bits per heavy atom. The number of hydrogen-bond donors (Lipinski definition) is 2. The second-order valence-electron chi connectivity index (χ2n) is 7.00. The first-order valence-electron chi connectivity index (χ1n) is 9.63. The zero-order valence-corrected chi connectivity index (χ0v) is 16.2. The minimum absolute atomic E-state index is 0.178. The predicted octanol–water partition coefficient (Wildman–Crippen LogP) is 3.64. The van der Waals surface area contributed by atoms with Crippen LogP contribution in [0.5, 0.6) is 0 Å². The highest BCUT2D eigenvalue weighted by molar-refractivity contribution is 5.94. The first-order valence-corrected chi connectivity index (χ1v) is 9.63. The monoisotopic (exact) mass is 407 g/mol. The lowest BCUT2D eigenvalue weighted by Gasteiger charge is -2.28.